The maximum atomic E-state index is 10.4. The molecule has 72 valence electrons. The van der Waals surface area contributed by atoms with Gasteiger partial charge in [-0.1, -0.05) is 0 Å². The number of hydrogen-bond acceptors (Lipinski definition) is 3. The van der Waals surface area contributed by atoms with Crippen LogP contribution in [0, 0.1) is 0 Å². The minimum atomic E-state index is -0.964. The van der Waals surface area contributed by atoms with E-state index < -0.39 is 12.0 Å². The number of rotatable bonds is 4. The Kier molecular flexibility index (Phi) is 3.02. The third-order valence-electron chi connectivity index (χ3n) is 1.92. The first-order chi connectivity index (χ1) is 6.11. The summed E-state index contributed by atoms with van der Waals surface area (Å²) in [6, 6.07) is -0.795. The third kappa shape index (κ3) is 2.55. The molecule has 1 rings (SSSR count). The Balaban J connectivity index is 2.44. The molecule has 0 saturated heterocycles. The Labute approximate surface area is 76.2 Å². The molecule has 0 bridgehead atoms. The molecule has 1 heterocycles. The Morgan fingerprint density at radius 3 is 3.00 bits per heavy atom. The molecule has 5 heteroatoms. The van der Waals surface area contributed by atoms with Crippen LogP contribution in [0.5, 0.6) is 0 Å². The van der Waals surface area contributed by atoms with Crippen LogP contribution in [0.25, 0.3) is 0 Å². The number of carboxylic acid groups (broad SMARTS) is 1. The van der Waals surface area contributed by atoms with Crippen molar-refractivity contribution in [1.29, 1.82) is 0 Å². The lowest BCUT2D eigenvalue weighted by Gasteiger charge is -2.05. The van der Waals surface area contributed by atoms with Crippen LogP contribution in [0.1, 0.15) is 12.2 Å². The molecule has 0 aliphatic carbocycles. The molecular weight excluding hydrogens is 170 g/mol. The smallest absolute Gasteiger partial charge is 0.320 e. The largest absolute Gasteiger partial charge is 0.480 e. The van der Waals surface area contributed by atoms with Gasteiger partial charge in [0, 0.05) is 25.9 Å². The fourth-order valence-electron chi connectivity index (χ4n) is 1.05. The molecule has 5 nitrogen and oxygen atoms in total. The molecule has 0 unspecified atom stereocenters. The molecule has 0 saturated carbocycles. The molecule has 1 aromatic rings. The number of nitrogens with zero attached hydrogens (tertiary/aromatic N) is 2. The number of carboxylic acids is 1. The average molecular weight is 183 g/mol. The molecule has 0 radical (unpaired) electrons. The maximum Gasteiger partial charge on any atom is 0.320 e. The van der Waals surface area contributed by atoms with Crippen molar-refractivity contribution < 1.29 is 9.90 Å². The topological polar surface area (TPSA) is 81.1 Å². The zero-order chi connectivity index (χ0) is 9.84. The van der Waals surface area contributed by atoms with Crippen LogP contribution in [0.4, 0.5) is 0 Å². The van der Waals surface area contributed by atoms with Crippen LogP contribution in [-0.2, 0) is 18.3 Å². The van der Waals surface area contributed by atoms with E-state index in [1.165, 1.54) is 0 Å². The summed E-state index contributed by atoms with van der Waals surface area (Å²) in [6.45, 7) is 0. The monoisotopic (exact) mass is 183 g/mol. The number of aryl methyl sites for hydroxylation is 2. The molecule has 0 aromatic carbocycles. The average Bonchev–Trinajstić information content (AvgIpc) is 2.47. The molecular formula is C8H13N3O2. The van der Waals surface area contributed by atoms with E-state index in [1.54, 1.807) is 6.20 Å². The first-order valence-electron chi connectivity index (χ1n) is 4.06. The SMILES string of the molecule is Cn1ccnc1CC[C@H](N)C(=O)O. The first-order valence-corrected chi connectivity index (χ1v) is 4.06. The summed E-state index contributed by atoms with van der Waals surface area (Å²) >= 11 is 0. The summed E-state index contributed by atoms with van der Waals surface area (Å²) in [7, 11) is 1.87. The molecule has 1 atom stereocenters. The fourth-order valence-corrected chi connectivity index (χ4v) is 1.05. The summed E-state index contributed by atoms with van der Waals surface area (Å²) in [6.07, 6.45) is 4.51. The van der Waals surface area contributed by atoms with Crippen molar-refractivity contribution >= 4 is 5.97 Å². The van der Waals surface area contributed by atoms with Crippen LogP contribution >= 0.6 is 0 Å². The van der Waals surface area contributed by atoms with Gasteiger partial charge in [0.1, 0.15) is 11.9 Å². The Morgan fingerprint density at radius 2 is 2.54 bits per heavy atom. The molecule has 0 fully saturated rings. The molecule has 0 aliphatic heterocycles. The van der Waals surface area contributed by atoms with E-state index >= 15 is 0 Å². The van der Waals surface area contributed by atoms with Gasteiger partial charge in [-0.3, -0.25) is 4.79 Å². The van der Waals surface area contributed by atoms with E-state index in [-0.39, 0.29) is 0 Å². The predicted octanol–water partition coefficient (Wildman–Crippen LogP) is -0.235. The number of hydrogen-bond donors (Lipinski definition) is 2. The lowest BCUT2D eigenvalue weighted by molar-refractivity contribution is -0.138. The molecule has 0 aliphatic rings. The lowest BCUT2D eigenvalue weighted by atomic mass is 10.1. The van der Waals surface area contributed by atoms with E-state index in [9.17, 15) is 4.79 Å². The van der Waals surface area contributed by atoms with E-state index in [2.05, 4.69) is 4.98 Å². The Morgan fingerprint density at radius 1 is 1.85 bits per heavy atom. The van der Waals surface area contributed by atoms with Gasteiger partial charge in [0.05, 0.1) is 0 Å². The van der Waals surface area contributed by atoms with Gasteiger partial charge in [-0.05, 0) is 6.42 Å². The number of carbonyl (C=O) groups is 1. The standard InChI is InChI=1S/C8H13N3O2/c1-11-5-4-10-7(11)3-2-6(9)8(12)13/h4-6H,2-3,9H2,1H3,(H,12,13)/t6-/m0/s1. The highest BCUT2D eigenvalue weighted by atomic mass is 16.4. The van der Waals surface area contributed by atoms with E-state index in [0.29, 0.717) is 12.8 Å². The quantitative estimate of drug-likeness (QED) is 0.675. The molecule has 0 amide bonds. The molecule has 13 heavy (non-hydrogen) atoms. The zero-order valence-electron chi connectivity index (χ0n) is 7.47. The highest BCUT2D eigenvalue weighted by molar-refractivity contribution is 5.72. The third-order valence-corrected chi connectivity index (χ3v) is 1.92. The Bertz CT molecular complexity index is 295. The van der Waals surface area contributed by atoms with Gasteiger partial charge in [0.15, 0.2) is 0 Å². The number of nitrogens with two attached hydrogens (primary N) is 1. The molecule has 0 spiro atoms. The van der Waals surface area contributed by atoms with Gasteiger partial charge in [-0.15, -0.1) is 0 Å². The van der Waals surface area contributed by atoms with Crippen molar-refractivity contribution in [2.75, 3.05) is 0 Å². The second-order valence-electron chi connectivity index (χ2n) is 2.94. The summed E-state index contributed by atoms with van der Waals surface area (Å²) < 4.78 is 1.86. The van der Waals surface area contributed by atoms with E-state index in [1.807, 2.05) is 17.8 Å². The Hall–Kier alpha value is -1.36. The van der Waals surface area contributed by atoms with Gasteiger partial charge in [0.2, 0.25) is 0 Å². The van der Waals surface area contributed by atoms with E-state index in [0.717, 1.165) is 5.82 Å². The van der Waals surface area contributed by atoms with Crippen molar-refractivity contribution in [3.8, 4) is 0 Å². The van der Waals surface area contributed by atoms with Gasteiger partial charge >= 0.3 is 5.97 Å². The summed E-state index contributed by atoms with van der Waals surface area (Å²) in [4.78, 5) is 14.5. The van der Waals surface area contributed by atoms with Crippen LogP contribution in [0.3, 0.4) is 0 Å². The van der Waals surface area contributed by atoms with Gasteiger partial charge in [-0.2, -0.15) is 0 Å². The van der Waals surface area contributed by atoms with Crippen LogP contribution in [0.15, 0.2) is 12.4 Å². The predicted molar refractivity (Wildman–Crippen MR) is 47.1 cm³/mol. The number of aliphatic carboxylic acids is 1. The summed E-state index contributed by atoms with van der Waals surface area (Å²) in [5, 5.41) is 8.53. The number of imidazole rings is 1. The van der Waals surface area contributed by atoms with Crippen molar-refractivity contribution in [3.05, 3.63) is 18.2 Å². The minimum Gasteiger partial charge on any atom is -0.480 e. The van der Waals surface area contributed by atoms with Gasteiger partial charge < -0.3 is 15.4 Å². The van der Waals surface area contributed by atoms with Crippen LogP contribution < -0.4 is 5.73 Å². The summed E-state index contributed by atoms with van der Waals surface area (Å²) in [5.41, 5.74) is 5.35. The molecule has 3 N–H and O–H groups in total. The fraction of sp³-hybridized carbons (Fsp3) is 0.500. The summed E-state index contributed by atoms with van der Waals surface area (Å²) in [5.74, 6) is -0.106. The minimum absolute atomic E-state index is 0.417. The highest BCUT2D eigenvalue weighted by Crippen LogP contribution is 2.00. The van der Waals surface area contributed by atoms with Gasteiger partial charge in [-0.25, -0.2) is 4.98 Å². The second kappa shape index (κ2) is 4.04. The lowest BCUT2D eigenvalue weighted by Crippen LogP contribution is -2.30. The normalized spacial score (nSPS) is 12.8. The van der Waals surface area contributed by atoms with Crippen molar-refractivity contribution in [1.82, 2.24) is 9.55 Å². The second-order valence-corrected chi connectivity index (χ2v) is 2.94. The first kappa shape index (κ1) is 9.73. The highest BCUT2D eigenvalue weighted by Gasteiger charge is 2.11. The van der Waals surface area contributed by atoms with Crippen molar-refractivity contribution in [2.45, 2.75) is 18.9 Å². The molecule has 1 aromatic heterocycles. The van der Waals surface area contributed by atoms with Crippen molar-refractivity contribution in [3.63, 3.8) is 0 Å². The van der Waals surface area contributed by atoms with Crippen molar-refractivity contribution in [2.24, 2.45) is 12.8 Å². The van der Waals surface area contributed by atoms with Crippen LogP contribution in [0.2, 0.25) is 0 Å². The van der Waals surface area contributed by atoms with Gasteiger partial charge in [0.25, 0.3) is 0 Å². The van der Waals surface area contributed by atoms with Crippen LogP contribution in [-0.4, -0.2) is 26.7 Å². The van der Waals surface area contributed by atoms with E-state index in [4.69, 9.17) is 10.8 Å². The zero-order valence-corrected chi connectivity index (χ0v) is 7.47. The maximum absolute atomic E-state index is 10.4. The number of aromatic nitrogens is 2.